The first-order valence-electron chi connectivity index (χ1n) is 10.2. The second-order valence-electron chi connectivity index (χ2n) is 8.19. The SMILES string of the molecule is O=C(C1=Nc2ncc(CCO)c[n+]21)N1C[C@@H]2CN(c3ccccc3C(F)(F)F)C[C@@H]2C1. The Morgan fingerprint density at radius 1 is 1.16 bits per heavy atom. The van der Waals surface area contributed by atoms with Gasteiger partial charge in [0.25, 0.3) is 0 Å². The third-order valence-electron chi connectivity index (χ3n) is 6.21. The van der Waals surface area contributed by atoms with Crippen LogP contribution in [0.1, 0.15) is 11.1 Å². The zero-order valence-electron chi connectivity index (χ0n) is 16.6. The van der Waals surface area contributed by atoms with Crippen molar-refractivity contribution in [1.82, 2.24) is 9.88 Å². The Morgan fingerprint density at radius 3 is 2.55 bits per heavy atom. The fourth-order valence-electron chi connectivity index (χ4n) is 4.70. The van der Waals surface area contributed by atoms with Gasteiger partial charge in [0, 0.05) is 62.3 Å². The first-order chi connectivity index (χ1) is 14.8. The number of likely N-dealkylation sites (tertiary alicyclic amines) is 1. The van der Waals surface area contributed by atoms with E-state index in [0.29, 0.717) is 44.4 Å². The Bertz CT molecular complexity index is 1060. The van der Waals surface area contributed by atoms with E-state index in [9.17, 15) is 18.0 Å². The lowest BCUT2D eigenvalue weighted by molar-refractivity contribution is -0.559. The number of rotatable bonds is 4. The van der Waals surface area contributed by atoms with Crippen molar-refractivity contribution in [1.29, 1.82) is 0 Å². The number of aliphatic hydroxyl groups is 1. The molecule has 3 aliphatic rings. The van der Waals surface area contributed by atoms with E-state index in [2.05, 4.69) is 9.98 Å². The highest BCUT2D eigenvalue weighted by Gasteiger charge is 2.46. The molecule has 1 aromatic carbocycles. The summed E-state index contributed by atoms with van der Waals surface area (Å²) in [5, 5.41) is 9.09. The Labute approximate surface area is 176 Å². The monoisotopic (exact) mass is 432 g/mol. The normalized spacial score (nSPS) is 22.1. The predicted octanol–water partition coefficient (Wildman–Crippen LogP) is 1.41. The topological polar surface area (TPSA) is 72.9 Å². The van der Waals surface area contributed by atoms with Crippen molar-refractivity contribution >= 4 is 23.4 Å². The van der Waals surface area contributed by atoms with E-state index in [4.69, 9.17) is 5.11 Å². The van der Waals surface area contributed by atoms with Gasteiger partial charge in [-0.05, 0) is 12.1 Å². The van der Waals surface area contributed by atoms with Crippen LogP contribution in [0.3, 0.4) is 0 Å². The van der Waals surface area contributed by atoms with Crippen LogP contribution >= 0.6 is 0 Å². The second-order valence-corrected chi connectivity index (χ2v) is 8.19. The molecular weight excluding hydrogens is 411 g/mol. The summed E-state index contributed by atoms with van der Waals surface area (Å²) >= 11 is 0. The summed E-state index contributed by atoms with van der Waals surface area (Å²) < 4.78 is 41.8. The number of benzene rings is 1. The van der Waals surface area contributed by atoms with Gasteiger partial charge in [0.1, 0.15) is 0 Å². The quantitative estimate of drug-likeness (QED) is 0.742. The summed E-state index contributed by atoms with van der Waals surface area (Å²) in [5.41, 5.74) is 0.396. The molecule has 0 aliphatic carbocycles. The maximum Gasteiger partial charge on any atom is 0.418 e. The average Bonchev–Trinajstić information content (AvgIpc) is 3.29. The molecule has 2 fully saturated rings. The Kier molecular flexibility index (Phi) is 4.69. The predicted molar refractivity (Wildman–Crippen MR) is 105 cm³/mol. The maximum atomic E-state index is 13.4. The van der Waals surface area contributed by atoms with Gasteiger partial charge in [0.2, 0.25) is 0 Å². The van der Waals surface area contributed by atoms with Crippen LogP contribution in [0.5, 0.6) is 0 Å². The summed E-state index contributed by atoms with van der Waals surface area (Å²) in [6.07, 6.45) is -0.573. The third-order valence-corrected chi connectivity index (χ3v) is 6.21. The fraction of sp³-hybridized carbons (Fsp3) is 0.429. The van der Waals surface area contributed by atoms with E-state index < -0.39 is 11.7 Å². The van der Waals surface area contributed by atoms with Crippen molar-refractivity contribution in [3.63, 3.8) is 0 Å². The first-order valence-corrected chi connectivity index (χ1v) is 10.2. The molecule has 10 heteroatoms. The molecule has 162 valence electrons. The van der Waals surface area contributed by atoms with Gasteiger partial charge in [-0.1, -0.05) is 17.1 Å². The Hall–Kier alpha value is -3.01. The molecule has 1 N–H and O–H groups in total. The summed E-state index contributed by atoms with van der Waals surface area (Å²) in [4.78, 5) is 24.9. The highest BCUT2D eigenvalue weighted by molar-refractivity contribution is 6.35. The molecule has 3 aliphatic heterocycles. The molecule has 2 aromatic rings. The highest BCUT2D eigenvalue weighted by Crippen LogP contribution is 2.40. The molecule has 2 atom stereocenters. The second kappa shape index (κ2) is 7.30. The number of halogens is 3. The number of para-hydroxylation sites is 1. The number of alkyl halides is 3. The first kappa shape index (κ1) is 19.9. The van der Waals surface area contributed by atoms with E-state index in [1.807, 2.05) is 0 Å². The number of fused-ring (bicyclic) bond motifs is 2. The number of carbonyl (C=O) groups is 1. The molecule has 0 saturated carbocycles. The Balaban J connectivity index is 1.26. The zero-order valence-corrected chi connectivity index (χ0v) is 16.6. The number of hydrogen-bond acceptors (Lipinski definition) is 5. The van der Waals surface area contributed by atoms with E-state index in [-0.39, 0.29) is 30.0 Å². The molecule has 0 radical (unpaired) electrons. The summed E-state index contributed by atoms with van der Waals surface area (Å²) in [7, 11) is 0. The standard InChI is InChI=1S/C21H21F3N5O2/c22-21(23,24)16-3-1-2-4-17(16)27-9-14-11-28(12-15(14)10-27)19(31)18-26-20-25-7-13(5-6-30)8-29(18)20/h1-4,7-8,14-15,30H,5-6,9-12H2/q+1/t14-,15+. The van der Waals surface area contributed by atoms with Crippen LogP contribution in [-0.2, 0) is 17.4 Å². The highest BCUT2D eigenvalue weighted by atomic mass is 19.4. The van der Waals surface area contributed by atoms with E-state index in [0.717, 1.165) is 11.6 Å². The summed E-state index contributed by atoms with van der Waals surface area (Å²) in [5.74, 6) is 0.779. The minimum absolute atomic E-state index is 0.00903. The molecule has 5 rings (SSSR count). The number of anilines is 1. The van der Waals surface area contributed by atoms with Crippen LogP contribution in [0.2, 0.25) is 0 Å². The van der Waals surface area contributed by atoms with Crippen molar-refractivity contribution in [3.8, 4) is 0 Å². The van der Waals surface area contributed by atoms with Gasteiger partial charge in [-0.3, -0.25) is 4.79 Å². The minimum atomic E-state index is -4.40. The Morgan fingerprint density at radius 2 is 1.87 bits per heavy atom. The van der Waals surface area contributed by atoms with Crippen molar-refractivity contribution in [3.05, 3.63) is 47.8 Å². The van der Waals surface area contributed by atoms with Crippen molar-refractivity contribution in [2.24, 2.45) is 16.8 Å². The zero-order chi connectivity index (χ0) is 21.8. The van der Waals surface area contributed by atoms with E-state index in [1.165, 1.54) is 12.1 Å². The molecule has 2 saturated heterocycles. The molecule has 0 bridgehead atoms. The van der Waals surface area contributed by atoms with Crippen LogP contribution in [0, 0.1) is 11.8 Å². The van der Waals surface area contributed by atoms with Gasteiger partial charge >= 0.3 is 23.9 Å². The number of aliphatic imine (C=N–C) groups is 1. The lowest BCUT2D eigenvalue weighted by atomic mass is 10.0. The van der Waals surface area contributed by atoms with Gasteiger partial charge in [-0.2, -0.15) is 17.7 Å². The third kappa shape index (κ3) is 3.44. The van der Waals surface area contributed by atoms with E-state index >= 15 is 0 Å². The molecule has 1 amide bonds. The van der Waals surface area contributed by atoms with Gasteiger partial charge in [-0.25, -0.2) is 0 Å². The van der Waals surface area contributed by atoms with E-state index in [1.54, 1.807) is 32.8 Å². The van der Waals surface area contributed by atoms with Crippen LogP contribution in [0.25, 0.3) is 0 Å². The van der Waals surface area contributed by atoms with Gasteiger partial charge in [-0.15, -0.1) is 4.98 Å². The summed E-state index contributed by atoms with van der Waals surface area (Å²) in [6.45, 7) is 1.95. The number of aliphatic hydroxyl groups excluding tert-OH is 1. The van der Waals surface area contributed by atoms with Crippen LogP contribution < -0.4 is 9.47 Å². The number of amides is 1. The number of aromatic nitrogens is 2. The lowest BCUT2D eigenvalue weighted by Gasteiger charge is -2.26. The van der Waals surface area contributed by atoms with Gasteiger partial charge in [0.05, 0.1) is 18.0 Å². The molecule has 0 spiro atoms. The fourth-order valence-corrected chi connectivity index (χ4v) is 4.70. The number of hydrogen-bond donors (Lipinski definition) is 1. The van der Waals surface area contributed by atoms with Gasteiger partial charge < -0.3 is 14.9 Å². The van der Waals surface area contributed by atoms with Crippen LogP contribution in [0.4, 0.5) is 24.8 Å². The van der Waals surface area contributed by atoms with Crippen molar-refractivity contribution < 1.29 is 27.6 Å². The summed E-state index contributed by atoms with van der Waals surface area (Å²) in [6, 6.07) is 5.65. The molecule has 7 nitrogen and oxygen atoms in total. The number of carbonyl (C=O) groups excluding carboxylic acids is 1. The van der Waals surface area contributed by atoms with Crippen LogP contribution in [0.15, 0.2) is 41.7 Å². The molecular formula is C21H21F3N5O2+. The molecule has 1 aromatic heterocycles. The largest absolute Gasteiger partial charge is 0.418 e. The minimum Gasteiger partial charge on any atom is -0.396 e. The van der Waals surface area contributed by atoms with Gasteiger partial charge in [0.15, 0.2) is 0 Å². The van der Waals surface area contributed by atoms with Crippen LogP contribution in [-0.4, -0.2) is 59.5 Å². The molecule has 4 heterocycles. The lowest BCUT2D eigenvalue weighted by Crippen LogP contribution is -2.58. The smallest absolute Gasteiger partial charge is 0.396 e. The molecule has 0 unspecified atom stereocenters. The maximum absolute atomic E-state index is 13.4. The van der Waals surface area contributed by atoms with Crippen molar-refractivity contribution in [2.75, 3.05) is 37.7 Å². The average molecular weight is 432 g/mol. The number of nitrogens with zero attached hydrogens (tertiary/aromatic N) is 5. The van der Waals surface area contributed by atoms with Crippen molar-refractivity contribution in [2.45, 2.75) is 12.6 Å². The molecule has 31 heavy (non-hydrogen) atoms.